The molecule has 154 valence electrons. The van der Waals surface area contributed by atoms with Gasteiger partial charge in [-0.05, 0) is 41.0 Å². The number of carbonyl (C=O) groups is 2. The van der Waals surface area contributed by atoms with Crippen LogP contribution in [-0.2, 0) is 29.1 Å². The van der Waals surface area contributed by atoms with E-state index in [1.54, 1.807) is 17.0 Å². The fourth-order valence-electron chi connectivity index (χ4n) is 3.12. The predicted molar refractivity (Wildman–Crippen MR) is 116 cm³/mol. The molecule has 0 saturated heterocycles. The van der Waals surface area contributed by atoms with Crippen molar-refractivity contribution in [3.63, 3.8) is 0 Å². The highest BCUT2D eigenvalue weighted by Crippen LogP contribution is 2.20. The summed E-state index contributed by atoms with van der Waals surface area (Å²) in [6, 6.07) is 23.4. The number of nitrogens with one attached hydrogen (secondary N) is 1. The number of anilines is 1. The second kappa shape index (κ2) is 10.3. The summed E-state index contributed by atoms with van der Waals surface area (Å²) in [6.07, 6.45) is 0.655. The van der Waals surface area contributed by atoms with E-state index in [2.05, 4.69) is 5.32 Å². The summed E-state index contributed by atoms with van der Waals surface area (Å²) in [6.45, 7) is 2.71. The lowest BCUT2D eigenvalue weighted by Gasteiger charge is -2.23. The highest BCUT2D eigenvalue weighted by atomic mass is 19.1. The molecule has 0 bridgehead atoms. The Morgan fingerprint density at radius 2 is 1.47 bits per heavy atom. The summed E-state index contributed by atoms with van der Waals surface area (Å²) in [5.74, 6) is -0.366. The van der Waals surface area contributed by atoms with Gasteiger partial charge in [0.1, 0.15) is 5.82 Å². The fraction of sp³-hybridized carbons (Fsp3) is 0.200. The van der Waals surface area contributed by atoms with Crippen LogP contribution in [0.25, 0.3) is 0 Å². The van der Waals surface area contributed by atoms with Crippen molar-refractivity contribution in [2.24, 2.45) is 0 Å². The van der Waals surface area contributed by atoms with Crippen LogP contribution >= 0.6 is 0 Å². The first-order valence-electron chi connectivity index (χ1n) is 9.99. The Bertz CT molecular complexity index is 970. The number of halogens is 1. The van der Waals surface area contributed by atoms with Crippen LogP contribution < -0.4 is 10.2 Å². The zero-order valence-corrected chi connectivity index (χ0v) is 17.0. The van der Waals surface area contributed by atoms with Crippen LogP contribution in [0, 0.1) is 5.82 Å². The lowest BCUT2D eigenvalue weighted by molar-refractivity contribution is -0.120. The molecule has 3 aromatic rings. The molecule has 0 unspecified atom stereocenters. The summed E-state index contributed by atoms with van der Waals surface area (Å²) in [7, 11) is 0. The minimum atomic E-state index is -0.298. The number of nitrogens with zero attached hydrogens (tertiary/aromatic N) is 1. The molecule has 0 atom stereocenters. The maximum absolute atomic E-state index is 12.9. The summed E-state index contributed by atoms with van der Waals surface area (Å²) in [5.41, 5.74) is 3.57. The molecule has 0 radical (unpaired) electrons. The quantitative estimate of drug-likeness (QED) is 0.595. The van der Waals surface area contributed by atoms with Crippen LogP contribution in [-0.4, -0.2) is 11.8 Å². The van der Waals surface area contributed by atoms with Crippen LogP contribution in [0.4, 0.5) is 10.1 Å². The van der Waals surface area contributed by atoms with Gasteiger partial charge >= 0.3 is 0 Å². The Balaban J connectivity index is 1.61. The lowest BCUT2D eigenvalue weighted by atomic mass is 10.1. The highest BCUT2D eigenvalue weighted by Gasteiger charge is 2.15. The molecule has 0 aromatic heterocycles. The average molecular weight is 404 g/mol. The van der Waals surface area contributed by atoms with Crippen molar-refractivity contribution in [3.8, 4) is 0 Å². The van der Waals surface area contributed by atoms with E-state index in [9.17, 15) is 14.0 Å². The molecule has 5 heteroatoms. The molecule has 0 heterocycles. The zero-order valence-electron chi connectivity index (χ0n) is 17.0. The third-order valence-electron chi connectivity index (χ3n) is 4.80. The third-order valence-corrected chi connectivity index (χ3v) is 4.80. The second-order valence-corrected chi connectivity index (χ2v) is 7.07. The van der Waals surface area contributed by atoms with Crippen molar-refractivity contribution in [3.05, 3.63) is 101 Å². The molecule has 1 N–H and O–H groups in total. The van der Waals surface area contributed by atoms with Gasteiger partial charge in [-0.3, -0.25) is 9.59 Å². The van der Waals surface area contributed by atoms with Crippen molar-refractivity contribution < 1.29 is 14.0 Å². The topological polar surface area (TPSA) is 49.4 Å². The highest BCUT2D eigenvalue weighted by molar-refractivity contribution is 5.93. The molecule has 0 aliphatic heterocycles. The van der Waals surface area contributed by atoms with E-state index in [4.69, 9.17) is 0 Å². The van der Waals surface area contributed by atoms with Crippen molar-refractivity contribution in [2.75, 3.05) is 4.90 Å². The summed E-state index contributed by atoms with van der Waals surface area (Å²) in [5, 5.41) is 2.84. The van der Waals surface area contributed by atoms with Gasteiger partial charge in [-0.1, -0.05) is 61.5 Å². The third kappa shape index (κ3) is 6.01. The summed E-state index contributed by atoms with van der Waals surface area (Å²) < 4.78 is 12.9. The van der Waals surface area contributed by atoms with Gasteiger partial charge in [0.2, 0.25) is 11.8 Å². The fourth-order valence-corrected chi connectivity index (χ4v) is 3.12. The Labute approximate surface area is 176 Å². The van der Waals surface area contributed by atoms with E-state index in [0.29, 0.717) is 19.5 Å². The number of amides is 2. The minimum Gasteiger partial charge on any atom is -0.352 e. The predicted octanol–water partition coefficient (Wildman–Crippen LogP) is 4.63. The average Bonchev–Trinajstić information content (AvgIpc) is 2.78. The van der Waals surface area contributed by atoms with E-state index in [-0.39, 0.29) is 24.1 Å². The van der Waals surface area contributed by atoms with Gasteiger partial charge in [0.25, 0.3) is 0 Å². The monoisotopic (exact) mass is 404 g/mol. The summed E-state index contributed by atoms with van der Waals surface area (Å²) >= 11 is 0. The Kier molecular flexibility index (Phi) is 7.33. The van der Waals surface area contributed by atoms with Gasteiger partial charge in [0.15, 0.2) is 0 Å². The molecule has 3 aromatic carbocycles. The van der Waals surface area contributed by atoms with Crippen LogP contribution in [0.2, 0.25) is 0 Å². The van der Waals surface area contributed by atoms with Crippen LogP contribution in [0.1, 0.15) is 30.0 Å². The molecule has 3 rings (SSSR count). The molecule has 0 aliphatic rings. The number of hydrogen-bond acceptors (Lipinski definition) is 2. The van der Waals surface area contributed by atoms with Gasteiger partial charge in [0.05, 0.1) is 13.0 Å². The van der Waals surface area contributed by atoms with Crippen molar-refractivity contribution in [2.45, 2.75) is 32.9 Å². The van der Waals surface area contributed by atoms with E-state index in [0.717, 1.165) is 22.4 Å². The van der Waals surface area contributed by atoms with E-state index in [1.807, 2.05) is 61.5 Å². The molecule has 0 saturated carbocycles. The number of benzene rings is 3. The van der Waals surface area contributed by atoms with Crippen molar-refractivity contribution >= 4 is 17.5 Å². The normalized spacial score (nSPS) is 10.5. The zero-order chi connectivity index (χ0) is 21.3. The number of hydrogen-bond donors (Lipinski definition) is 1. The number of rotatable bonds is 8. The molecular weight excluding hydrogens is 379 g/mol. The molecule has 30 heavy (non-hydrogen) atoms. The lowest BCUT2D eigenvalue weighted by Crippen LogP contribution is -2.29. The molecule has 0 fully saturated rings. The first-order chi connectivity index (χ1) is 14.5. The first-order valence-corrected chi connectivity index (χ1v) is 9.99. The Morgan fingerprint density at radius 3 is 2.10 bits per heavy atom. The maximum Gasteiger partial charge on any atom is 0.227 e. The minimum absolute atomic E-state index is 0.0450. The van der Waals surface area contributed by atoms with Crippen LogP contribution in [0.5, 0.6) is 0 Å². The SMILES string of the molecule is CCC(=O)N(Cc1ccccc1)c1ccc(CC(=O)NCc2ccc(F)cc2)cc1. The summed E-state index contributed by atoms with van der Waals surface area (Å²) in [4.78, 5) is 26.4. The molecular formula is C25H25FN2O2. The largest absolute Gasteiger partial charge is 0.352 e. The van der Waals surface area contributed by atoms with Gasteiger partial charge in [-0.2, -0.15) is 0 Å². The van der Waals surface area contributed by atoms with Gasteiger partial charge in [-0.25, -0.2) is 4.39 Å². The Hall–Kier alpha value is -3.47. The van der Waals surface area contributed by atoms with Crippen LogP contribution in [0.15, 0.2) is 78.9 Å². The standard InChI is InChI=1S/C25H25FN2O2/c1-2-25(30)28(18-21-6-4-3-5-7-21)23-14-10-19(11-15-23)16-24(29)27-17-20-8-12-22(26)13-9-20/h3-15H,2,16-18H2,1H3,(H,27,29). The maximum atomic E-state index is 12.9. The van der Waals surface area contributed by atoms with Crippen molar-refractivity contribution in [1.29, 1.82) is 0 Å². The van der Waals surface area contributed by atoms with E-state index in [1.165, 1.54) is 12.1 Å². The van der Waals surface area contributed by atoms with Gasteiger partial charge in [0, 0.05) is 18.7 Å². The molecule has 2 amide bonds. The molecule has 4 nitrogen and oxygen atoms in total. The number of carbonyl (C=O) groups excluding carboxylic acids is 2. The second-order valence-electron chi connectivity index (χ2n) is 7.07. The Morgan fingerprint density at radius 1 is 0.833 bits per heavy atom. The van der Waals surface area contributed by atoms with E-state index >= 15 is 0 Å². The molecule has 0 spiro atoms. The molecule has 0 aliphatic carbocycles. The van der Waals surface area contributed by atoms with Crippen LogP contribution in [0.3, 0.4) is 0 Å². The first kappa shape index (κ1) is 21.2. The van der Waals surface area contributed by atoms with E-state index < -0.39 is 0 Å². The van der Waals surface area contributed by atoms with Gasteiger partial charge < -0.3 is 10.2 Å². The van der Waals surface area contributed by atoms with Crippen molar-refractivity contribution in [1.82, 2.24) is 5.32 Å². The van der Waals surface area contributed by atoms with Gasteiger partial charge in [-0.15, -0.1) is 0 Å². The smallest absolute Gasteiger partial charge is 0.227 e.